The van der Waals surface area contributed by atoms with Gasteiger partial charge in [-0.25, -0.2) is 8.78 Å². The number of anilines is 1. The van der Waals surface area contributed by atoms with Gasteiger partial charge in [-0.05, 0) is 35.1 Å². The minimum absolute atomic E-state index is 0.0270. The normalized spacial score (nSPS) is 32.1. The van der Waals surface area contributed by atoms with Gasteiger partial charge in [-0.1, -0.05) is 68.2 Å². The smallest absolute Gasteiger partial charge is 0.310 e. The van der Waals surface area contributed by atoms with Crippen molar-refractivity contribution in [3.8, 4) is 0 Å². The monoisotopic (exact) mass is 591 g/mol. The molecule has 3 aliphatic heterocycles. The maximum Gasteiger partial charge on any atom is 0.310 e. The number of rotatable bonds is 4. The minimum Gasteiger partial charge on any atom is -0.481 e. The molecule has 2 aromatic carbocycles. The molecule has 2 unspecified atom stereocenters. The summed E-state index contributed by atoms with van der Waals surface area (Å²) in [5, 5.41) is 16.2. The molecule has 0 aromatic heterocycles. The second-order valence-corrected chi connectivity index (χ2v) is 13.3. The molecule has 2 saturated heterocycles. The first kappa shape index (κ1) is 27.4. The molecule has 2 aromatic rings. The summed E-state index contributed by atoms with van der Waals surface area (Å²) in [6, 6.07) is 9.44. The fourth-order valence-electron chi connectivity index (χ4n) is 7.04. The number of carboxylic acid groups (broad SMARTS) is 1. The van der Waals surface area contributed by atoms with Crippen LogP contribution in [-0.4, -0.2) is 52.3 Å². The van der Waals surface area contributed by atoms with Crippen molar-refractivity contribution in [1.82, 2.24) is 10.2 Å². The molecule has 6 atom stereocenters. The highest BCUT2D eigenvalue weighted by Gasteiger charge is 2.74. The number of carboxylic acids is 1. The number of alkyl halides is 2. The van der Waals surface area contributed by atoms with E-state index >= 15 is 0 Å². The van der Waals surface area contributed by atoms with Crippen molar-refractivity contribution >= 4 is 46.7 Å². The number of fused-ring (bicyclic) bond motifs is 4. The lowest BCUT2D eigenvalue weighted by Crippen LogP contribution is -2.54. The summed E-state index contributed by atoms with van der Waals surface area (Å²) in [6.45, 7) is 5.47. The van der Waals surface area contributed by atoms with Crippen LogP contribution in [0.25, 0.3) is 0 Å². The van der Waals surface area contributed by atoms with Gasteiger partial charge in [0.2, 0.25) is 5.91 Å². The number of halogens is 4. The molecular weight excluding hydrogens is 563 g/mol. The third kappa shape index (κ3) is 4.03. The molecule has 40 heavy (non-hydrogen) atoms. The van der Waals surface area contributed by atoms with Gasteiger partial charge >= 0.3 is 5.97 Å². The number of amides is 2. The van der Waals surface area contributed by atoms with Crippen molar-refractivity contribution in [2.24, 2.45) is 11.8 Å². The summed E-state index contributed by atoms with van der Waals surface area (Å²) < 4.78 is 29.8. The first-order valence-corrected chi connectivity index (χ1v) is 14.0. The van der Waals surface area contributed by atoms with E-state index < -0.39 is 60.1 Å². The zero-order valence-corrected chi connectivity index (χ0v) is 23.6. The maximum absolute atomic E-state index is 14.9. The Morgan fingerprint density at radius 3 is 2.58 bits per heavy atom. The summed E-state index contributed by atoms with van der Waals surface area (Å²) in [5.41, 5.74) is 0.307. The van der Waals surface area contributed by atoms with E-state index in [1.54, 1.807) is 0 Å². The van der Waals surface area contributed by atoms with Crippen molar-refractivity contribution in [3.05, 3.63) is 63.1 Å². The predicted octanol–water partition coefficient (Wildman–Crippen LogP) is 5.15. The highest BCUT2D eigenvalue weighted by Crippen LogP contribution is 2.61. The number of carbonyl (C=O) groups is 3. The van der Waals surface area contributed by atoms with E-state index in [4.69, 9.17) is 23.2 Å². The average Bonchev–Trinajstić information content (AvgIpc) is 3.34. The Balaban J connectivity index is 1.36. The zero-order valence-electron chi connectivity index (χ0n) is 22.1. The van der Waals surface area contributed by atoms with Gasteiger partial charge in [0.05, 0.1) is 23.2 Å². The average molecular weight is 592 g/mol. The second-order valence-electron chi connectivity index (χ2n) is 12.5. The Morgan fingerprint density at radius 1 is 1.18 bits per heavy atom. The molecule has 2 amide bonds. The van der Waals surface area contributed by atoms with Gasteiger partial charge in [0.25, 0.3) is 11.8 Å². The van der Waals surface area contributed by atoms with Crippen molar-refractivity contribution < 1.29 is 28.3 Å². The topological polar surface area (TPSA) is 98.7 Å². The number of nitrogens with zero attached hydrogens (tertiary/aromatic N) is 1. The molecule has 3 heterocycles. The SMILES string of the molecule is CC(C)(C)c1cccc(C2CC2NC(=O)[C@H]2[C@H]3CC(F)(F)CN3[C@]3(C(=O)Nc4c(Cl)cc(Cl)cc43)[C@H]2C(=O)O)c1. The molecule has 1 spiro atoms. The largest absolute Gasteiger partial charge is 0.481 e. The van der Waals surface area contributed by atoms with Crippen LogP contribution >= 0.6 is 23.2 Å². The molecule has 6 rings (SSSR count). The number of benzene rings is 2. The van der Waals surface area contributed by atoms with Crippen LogP contribution < -0.4 is 10.6 Å². The van der Waals surface area contributed by atoms with E-state index in [0.717, 1.165) is 11.1 Å². The van der Waals surface area contributed by atoms with Crippen LogP contribution in [0.2, 0.25) is 10.0 Å². The number of carbonyl (C=O) groups excluding carboxylic acids is 2. The minimum atomic E-state index is -3.22. The molecule has 11 heteroatoms. The molecule has 0 bridgehead atoms. The molecule has 3 N–H and O–H groups in total. The molecule has 1 aliphatic carbocycles. The van der Waals surface area contributed by atoms with Crippen molar-refractivity contribution in [1.29, 1.82) is 0 Å². The molecular formula is C29H29Cl2F2N3O4. The van der Waals surface area contributed by atoms with Crippen LogP contribution in [0.5, 0.6) is 0 Å². The molecule has 0 radical (unpaired) electrons. The van der Waals surface area contributed by atoms with Gasteiger partial charge in [0.15, 0.2) is 0 Å². The Kier molecular flexibility index (Phi) is 6.08. The van der Waals surface area contributed by atoms with Crippen molar-refractivity contribution in [2.75, 3.05) is 11.9 Å². The summed E-state index contributed by atoms with van der Waals surface area (Å²) in [4.78, 5) is 41.5. The van der Waals surface area contributed by atoms with Crippen LogP contribution in [0.4, 0.5) is 14.5 Å². The summed E-state index contributed by atoms with van der Waals surface area (Å²) >= 11 is 12.6. The van der Waals surface area contributed by atoms with E-state index in [9.17, 15) is 28.3 Å². The third-order valence-corrected chi connectivity index (χ3v) is 9.42. The standard InChI is InChI=1S/C29H29Cl2F2N3O4/c1-27(2,3)14-6-4-5-13(7-14)16-10-19(16)34-24(37)21-20-11-28(32,33)12-36(20)29(22(21)25(38)39)17-8-15(30)9-18(31)23(17)35-26(29)40/h4-9,16,19-22H,10-12H2,1-3H3,(H,34,37)(H,35,40)(H,38,39)/t16?,19?,20-,21+,22-,29+/m1/s1. The van der Waals surface area contributed by atoms with E-state index in [1.807, 2.05) is 18.2 Å². The summed E-state index contributed by atoms with van der Waals surface area (Å²) in [6.07, 6.45) is -0.0940. The van der Waals surface area contributed by atoms with Crippen LogP contribution in [0.3, 0.4) is 0 Å². The molecule has 4 aliphatic rings. The van der Waals surface area contributed by atoms with Gasteiger partial charge in [0.1, 0.15) is 11.5 Å². The molecule has 1 saturated carbocycles. The first-order valence-electron chi connectivity index (χ1n) is 13.2. The van der Waals surface area contributed by atoms with E-state index in [0.29, 0.717) is 6.42 Å². The van der Waals surface area contributed by atoms with Crippen LogP contribution in [0, 0.1) is 11.8 Å². The Labute approximate surface area is 240 Å². The van der Waals surface area contributed by atoms with Gasteiger partial charge in [-0.15, -0.1) is 0 Å². The van der Waals surface area contributed by atoms with E-state index in [-0.39, 0.29) is 38.7 Å². The summed E-state index contributed by atoms with van der Waals surface area (Å²) in [7, 11) is 0. The van der Waals surface area contributed by atoms with Gasteiger partial charge in [-0.3, -0.25) is 19.3 Å². The lowest BCUT2D eigenvalue weighted by molar-refractivity contribution is -0.154. The number of aliphatic carboxylic acids is 1. The maximum atomic E-state index is 14.9. The molecule has 212 valence electrons. The van der Waals surface area contributed by atoms with Crippen LogP contribution in [-0.2, 0) is 25.3 Å². The fraction of sp³-hybridized carbons (Fsp3) is 0.483. The van der Waals surface area contributed by atoms with Gasteiger partial charge < -0.3 is 15.7 Å². The van der Waals surface area contributed by atoms with Gasteiger partial charge in [-0.2, -0.15) is 0 Å². The van der Waals surface area contributed by atoms with Crippen LogP contribution in [0.1, 0.15) is 56.2 Å². The number of hydrogen-bond donors (Lipinski definition) is 3. The van der Waals surface area contributed by atoms with Crippen molar-refractivity contribution in [3.63, 3.8) is 0 Å². The lowest BCUT2D eigenvalue weighted by atomic mass is 9.73. The molecule has 7 nitrogen and oxygen atoms in total. The highest BCUT2D eigenvalue weighted by atomic mass is 35.5. The van der Waals surface area contributed by atoms with E-state index in [1.165, 1.54) is 17.0 Å². The number of nitrogens with one attached hydrogen (secondary N) is 2. The quantitative estimate of drug-likeness (QED) is 0.456. The zero-order chi connectivity index (χ0) is 28.9. The lowest BCUT2D eigenvalue weighted by Gasteiger charge is -2.35. The number of hydrogen-bond acceptors (Lipinski definition) is 4. The van der Waals surface area contributed by atoms with Gasteiger partial charge in [0, 0.05) is 35.0 Å². The Hall–Kier alpha value is -2.75. The Bertz CT molecular complexity index is 1460. The fourth-order valence-corrected chi connectivity index (χ4v) is 7.58. The van der Waals surface area contributed by atoms with E-state index in [2.05, 4.69) is 37.5 Å². The third-order valence-electron chi connectivity index (χ3n) is 8.90. The molecule has 3 fully saturated rings. The highest BCUT2D eigenvalue weighted by molar-refractivity contribution is 6.38. The second kappa shape index (κ2) is 8.87. The Morgan fingerprint density at radius 2 is 1.90 bits per heavy atom. The van der Waals surface area contributed by atoms with Crippen molar-refractivity contribution in [2.45, 2.75) is 68.5 Å². The first-order chi connectivity index (χ1) is 18.6. The predicted molar refractivity (Wildman–Crippen MR) is 146 cm³/mol. The summed E-state index contributed by atoms with van der Waals surface area (Å²) in [5.74, 6) is -9.11. The van der Waals surface area contributed by atoms with Crippen LogP contribution in [0.15, 0.2) is 36.4 Å².